The Kier molecular flexibility index (Phi) is 5.51. The molecule has 6 heteroatoms. The van der Waals surface area contributed by atoms with Gasteiger partial charge in [0.1, 0.15) is 0 Å². The molecule has 1 aromatic carbocycles. The second-order valence-corrected chi connectivity index (χ2v) is 6.02. The summed E-state index contributed by atoms with van der Waals surface area (Å²) in [7, 11) is 1.98. The van der Waals surface area contributed by atoms with E-state index in [0.29, 0.717) is 22.7 Å². The number of benzene rings is 1. The maximum absolute atomic E-state index is 11.0. The van der Waals surface area contributed by atoms with Crippen LogP contribution in [0.15, 0.2) is 22.7 Å². The Morgan fingerprint density at radius 1 is 1.40 bits per heavy atom. The van der Waals surface area contributed by atoms with Gasteiger partial charge in [-0.25, -0.2) is 0 Å². The van der Waals surface area contributed by atoms with Gasteiger partial charge in [-0.2, -0.15) is 0 Å². The van der Waals surface area contributed by atoms with Crippen LogP contribution in [-0.4, -0.2) is 24.1 Å². The van der Waals surface area contributed by atoms with Crippen LogP contribution in [0.1, 0.15) is 31.2 Å². The van der Waals surface area contributed by atoms with Gasteiger partial charge in [-0.1, -0.05) is 15.9 Å². The molecule has 1 aliphatic rings. The van der Waals surface area contributed by atoms with Crippen molar-refractivity contribution in [3.05, 3.63) is 38.3 Å². The summed E-state index contributed by atoms with van der Waals surface area (Å²) < 4.78 is 6.56. The van der Waals surface area contributed by atoms with Gasteiger partial charge in [-0.05, 0) is 44.9 Å². The number of rotatable bonds is 5. The van der Waals surface area contributed by atoms with E-state index in [-0.39, 0.29) is 16.7 Å². The van der Waals surface area contributed by atoms with Crippen molar-refractivity contribution >= 4 is 21.6 Å². The minimum absolute atomic E-state index is 0.114. The van der Waals surface area contributed by atoms with Gasteiger partial charge in [0.25, 0.3) is 5.69 Å². The van der Waals surface area contributed by atoms with Crippen molar-refractivity contribution in [1.29, 1.82) is 0 Å². The van der Waals surface area contributed by atoms with Gasteiger partial charge in [0.15, 0.2) is 0 Å². The van der Waals surface area contributed by atoms with Gasteiger partial charge in [0.05, 0.1) is 23.2 Å². The number of nitrogens with one attached hydrogen (secondary N) is 1. The summed E-state index contributed by atoms with van der Waals surface area (Å²) in [5.74, 6) is 0. The van der Waals surface area contributed by atoms with E-state index >= 15 is 0 Å². The van der Waals surface area contributed by atoms with Crippen LogP contribution in [0.5, 0.6) is 0 Å². The van der Waals surface area contributed by atoms with Crippen LogP contribution in [0, 0.1) is 10.1 Å². The number of nitrogens with zero attached hydrogens (tertiary/aromatic N) is 1. The van der Waals surface area contributed by atoms with Gasteiger partial charge in [-0.15, -0.1) is 0 Å². The summed E-state index contributed by atoms with van der Waals surface area (Å²) >= 11 is 3.25. The van der Waals surface area contributed by atoms with Crippen LogP contribution in [0.4, 0.5) is 5.69 Å². The molecule has 0 amide bonds. The quantitative estimate of drug-likeness (QED) is 0.657. The first-order valence-electron chi connectivity index (χ1n) is 6.82. The molecule has 0 spiro atoms. The van der Waals surface area contributed by atoms with Gasteiger partial charge in [-0.3, -0.25) is 10.1 Å². The van der Waals surface area contributed by atoms with Gasteiger partial charge >= 0.3 is 0 Å². The molecule has 0 aliphatic heterocycles. The zero-order valence-electron chi connectivity index (χ0n) is 11.5. The van der Waals surface area contributed by atoms with Crippen molar-refractivity contribution in [2.24, 2.45) is 0 Å². The van der Waals surface area contributed by atoms with Crippen molar-refractivity contribution in [2.75, 3.05) is 7.05 Å². The molecule has 0 radical (unpaired) electrons. The molecular formula is C14H19BrN2O3. The average Bonchev–Trinajstić information content (AvgIpc) is 2.46. The Morgan fingerprint density at radius 3 is 2.70 bits per heavy atom. The summed E-state index contributed by atoms with van der Waals surface area (Å²) in [6, 6.07) is 5.67. The zero-order chi connectivity index (χ0) is 14.5. The molecule has 1 saturated carbocycles. The van der Waals surface area contributed by atoms with Crippen molar-refractivity contribution in [3.8, 4) is 0 Å². The molecule has 0 bridgehead atoms. The summed E-state index contributed by atoms with van der Waals surface area (Å²) in [6.45, 7) is 0.304. The molecule has 1 N–H and O–H groups in total. The standard InChI is InChI=1S/C14H19BrN2O3/c1-16-12-4-6-13(7-5-12)20-9-10-2-3-11(15)8-14(10)17(18)19/h2-3,8,12-13,16H,4-7,9H2,1H3. The van der Waals surface area contributed by atoms with Crippen LogP contribution < -0.4 is 5.32 Å². The molecule has 0 saturated heterocycles. The van der Waals surface area contributed by atoms with E-state index in [1.165, 1.54) is 6.07 Å². The molecule has 0 unspecified atom stereocenters. The van der Waals surface area contributed by atoms with E-state index in [9.17, 15) is 10.1 Å². The Labute approximate surface area is 127 Å². The summed E-state index contributed by atoms with van der Waals surface area (Å²) in [5, 5.41) is 14.3. The highest BCUT2D eigenvalue weighted by Gasteiger charge is 2.22. The van der Waals surface area contributed by atoms with E-state index in [2.05, 4.69) is 21.2 Å². The van der Waals surface area contributed by atoms with E-state index < -0.39 is 0 Å². The van der Waals surface area contributed by atoms with E-state index in [4.69, 9.17) is 4.74 Å². The third-order valence-corrected chi connectivity index (χ3v) is 4.29. The Bertz CT molecular complexity index is 473. The molecule has 1 aliphatic carbocycles. The Balaban J connectivity index is 1.93. The molecule has 0 heterocycles. The number of ether oxygens (including phenoxy) is 1. The van der Waals surface area contributed by atoms with Crippen molar-refractivity contribution in [1.82, 2.24) is 5.32 Å². The molecular weight excluding hydrogens is 324 g/mol. The number of halogens is 1. The minimum atomic E-state index is -0.360. The monoisotopic (exact) mass is 342 g/mol. The lowest BCUT2D eigenvalue weighted by atomic mass is 9.93. The van der Waals surface area contributed by atoms with Gasteiger partial charge < -0.3 is 10.1 Å². The number of nitro groups is 1. The van der Waals surface area contributed by atoms with E-state index in [1.54, 1.807) is 6.07 Å². The lowest BCUT2D eigenvalue weighted by molar-refractivity contribution is -0.386. The number of hydrogen-bond donors (Lipinski definition) is 1. The maximum Gasteiger partial charge on any atom is 0.276 e. The highest BCUT2D eigenvalue weighted by Crippen LogP contribution is 2.27. The van der Waals surface area contributed by atoms with E-state index in [0.717, 1.165) is 25.7 Å². The summed E-state index contributed by atoms with van der Waals surface area (Å²) in [4.78, 5) is 10.7. The third kappa shape index (κ3) is 4.01. The highest BCUT2D eigenvalue weighted by atomic mass is 79.9. The second kappa shape index (κ2) is 7.15. The summed E-state index contributed by atoms with van der Waals surface area (Å²) in [5.41, 5.74) is 0.747. The fourth-order valence-corrected chi connectivity index (χ4v) is 2.90. The first-order valence-corrected chi connectivity index (χ1v) is 7.61. The summed E-state index contributed by atoms with van der Waals surface area (Å²) in [6.07, 6.45) is 4.43. The van der Waals surface area contributed by atoms with Crippen LogP contribution in [-0.2, 0) is 11.3 Å². The minimum Gasteiger partial charge on any atom is -0.373 e. The predicted molar refractivity (Wildman–Crippen MR) is 80.7 cm³/mol. The Hall–Kier alpha value is -0.980. The van der Waals surface area contributed by atoms with Crippen molar-refractivity contribution in [2.45, 2.75) is 44.4 Å². The predicted octanol–water partition coefficient (Wildman–Crippen LogP) is 3.40. The largest absolute Gasteiger partial charge is 0.373 e. The van der Waals surface area contributed by atoms with Crippen LogP contribution in [0.25, 0.3) is 0 Å². The number of nitro benzene ring substituents is 1. The average molecular weight is 343 g/mol. The van der Waals surface area contributed by atoms with Gasteiger partial charge in [0.2, 0.25) is 0 Å². The fourth-order valence-electron chi connectivity index (χ4n) is 2.55. The normalized spacial score (nSPS) is 22.7. The molecule has 0 aromatic heterocycles. The first-order chi connectivity index (χ1) is 9.60. The molecule has 2 rings (SSSR count). The Morgan fingerprint density at radius 2 is 2.10 bits per heavy atom. The molecule has 20 heavy (non-hydrogen) atoms. The molecule has 110 valence electrons. The fraction of sp³-hybridized carbons (Fsp3) is 0.571. The van der Waals surface area contributed by atoms with Gasteiger partial charge in [0, 0.05) is 16.6 Å². The molecule has 0 atom stereocenters. The molecule has 5 nitrogen and oxygen atoms in total. The molecule has 1 aromatic rings. The number of hydrogen-bond acceptors (Lipinski definition) is 4. The van der Waals surface area contributed by atoms with Crippen LogP contribution >= 0.6 is 15.9 Å². The first kappa shape index (κ1) is 15.4. The smallest absolute Gasteiger partial charge is 0.276 e. The van der Waals surface area contributed by atoms with Crippen molar-refractivity contribution < 1.29 is 9.66 Å². The highest BCUT2D eigenvalue weighted by molar-refractivity contribution is 9.10. The van der Waals surface area contributed by atoms with E-state index in [1.807, 2.05) is 13.1 Å². The zero-order valence-corrected chi connectivity index (χ0v) is 13.1. The van der Waals surface area contributed by atoms with Crippen LogP contribution in [0.3, 0.4) is 0 Å². The molecule has 1 fully saturated rings. The maximum atomic E-state index is 11.0. The third-order valence-electron chi connectivity index (χ3n) is 3.80. The van der Waals surface area contributed by atoms with Crippen LogP contribution in [0.2, 0.25) is 0 Å². The second-order valence-electron chi connectivity index (χ2n) is 5.10. The lowest BCUT2D eigenvalue weighted by Crippen LogP contribution is -2.32. The topological polar surface area (TPSA) is 64.4 Å². The lowest BCUT2D eigenvalue weighted by Gasteiger charge is -2.28. The van der Waals surface area contributed by atoms with Crippen molar-refractivity contribution in [3.63, 3.8) is 0 Å². The SMILES string of the molecule is CNC1CCC(OCc2ccc(Br)cc2[N+](=O)[O-])CC1.